The van der Waals surface area contributed by atoms with Crippen LogP contribution >= 0.6 is 11.8 Å². The maximum absolute atomic E-state index is 12.4. The molecule has 0 fully saturated rings. The molecule has 0 saturated heterocycles. The second kappa shape index (κ2) is 8.19. The van der Waals surface area contributed by atoms with Crippen molar-refractivity contribution in [1.82, 2.24) is 15.1 Å². The summed E-state index contributed by atoms with van der Waals surface area (Å²) in [5.74, 6) is -0.0515. The Balaban J connectivity index is 1.55. The van der Waals surface area contributed by atoms with Crippen molar-refractivity contribution in [3.63, 3.8) is 0 Å². The highest BCUT2D eigenvalue weighted by Crippen LogP contribution is 2.23. The van der Waals surface area contributed by atoms with Gasteiger partial charge < -0.3 is 5.32 Å². The highest BCUT2D eigenvalue weighted by molar-refractivity contribution is 8.00. The topological polar surface area (TPSA) is 64.0 Å². The van der Waals surface area contributed by atoms with E-state index >= 15 is 0 Å². The van der Waals surface area contributed by atoms with E-state index in [1.807, 2.05) is 56.3 Å². The predicted octanol–water partition coefficient (Wildman–Crippen LogP) is 3.00. The van der Waals surface area contributed by atoms with Crippen molar-refractivity contribution in [2.24, 2.45) is 0 Å². The largest absolute Gasteiger partial charge is 0.353 e. The summed E-state index contributed by atoms with van der Waals surface area (Å²) in [6, 6.07) is 15.5. The summed E-state index contributed by atoms with van der Waals surface area (Å²) in [6.45, 7) is 4.62. The fraction of sp³-hybridized carbons (Fsp3) is 0.250. The van der Waals surface area contributed by atoms with Gasteiger partial charge in [-0.25, -0.2) is 4.68 Å². The minimum absolute atomic E-state index is 0.0515. The van der Waals surface area contributed by atoms with Gasteiger partial charge in [-0.1, -0.05) is 35.9 Å². The van der Waals surface area contributed by atoms with Crippen molar-refractivity contribution >= 4 is 28.4 Å². The fourth-order valence-corrected chi connectivity index (χ4v) is 3.48. The first-order chi connectivity index (χ1) is 12.5. The van der Waals surface area contributed by atoms with Crippen LogP contribution in [-0.4, -0.2) is 27.5 Å². The summed E-state index contributed by atoms with van der Waals surface area (Å²) < 4.78 is 1.39. The van der Waals surface area contributed by atoms with Crippen LogP contribution in [0.5, 0.6) is 0 Å². The summed E-state index contributed by atoms with van der Waals surface area (Å²) >= 11 is 1.52. The van der Waals surface area contributed by atoms with Gasteiger partial charge in [0.1, 0.15) is 0 Å². The normalized spacial score (nSPS) is 12.1. The lowest BCUT2D eigenvalue weighted by Gasteiger charge is -2.12. The molecule has 0 radical (unpaired) electrons. The lowest BCUT2D eigenvalue weighted by molar-refractivity contribution is -0.120. The number of nitrogens with zero attached hydrogens (tertiary/aromatic N) is 2. The molecular weight excluding hydrogens is 346 g/mol. The third-order valence-electron chi connectivity index (χ3n) is 4.09. The molecule has 1 heterocycles. The third-order valence-corrected chi connectivity index (χ3v) is 5.20. The number of carbonyl (C=O) groups is 1. The number of fused-ring (bicyclic) bond motifs is 1. The van der Waals surface area contributed by atoms with Crippen molar-refractivity contribution in [2.45, 2.75) is 30.5 Å². The van der Waals surface area contributed by atoms with Crippen molar-refractivity contribution in [3.05, 3.63) is 70.6 Å². The molecule has 0 spiro atoms. The van der Waals surface area contributed by atoms with Crippen molar-refractivity contribution in [3.8, 4) is 0 Å². The van der Waals surface area contributed by atoms with E-state index in [1.165, 1.54) is 22.0 Å². The van der Waals surface area contributed by atoms with Crippen LogP contribution in [0.3, 0.4) is 0 Å². The number of carbonyl (C=O) groups excluding carboxylic acids is 1. The molecule has 1 amide bonds. The fourth-order valence-electron chi connectivity index (χ4n) is 2.59. The van der Waals surface area contributed by atoms with Gasteiger partial charge >= 0.3 is 0 Å². The number of hydrogen-bond acceptors (Lipinski definition) is 4. The maximum atomic E-state index is 12.4. The molecule has 1 unspecified atom stereocenters. The summed E-state index contributed by atoms with van der Waals surface area (Å²) in [5.41, 5.74) is 1.05. The number of benzene rings is 2. The zero-order chi connectivity index (χ0) is 18.5. The third kappa shape index (κ3) is 4.32. The van der Waals surface area contributed by atoms with Crippen LogP contribution in [0.2, 0.25) is 0 Å². The number of hydrogen-bond donors (Lipinski definition) is 1. The second-order valence-corrected chi connectivity index (χ2v) is 7.54. The Morgan fingerprint density at radius 2 is 1.92 bits per heavy atom. The quantitative estimate of drug-likeness (QED) is 0.680. The van der Waals surface area contributed by atoms with Gasteiger partial charge in [0, 0.05) is 16.8 Å². The van der Waals surface area contributed by atoms with E-state index in [9.17, 15) is 9.59 Å². The Kier molecular flexibility index (Phi) is 5.73. The summed E-state index contributed by atoms with van der Waals surface area (Å²) in [4.78, 5) is 25.7. The average Bonchev–Trinajstić information content (AvgIpc) is 2.65. The molecule has 2 aromatic carbocycles. The first-order valence-corrected chi connectivity index (χ1v) is 9.38. The molecule has 0 bridgehead atoms. The number of nitrogens with one attached hydrogen (secondary N) is 1. The molecule has 3 aromatic rings. The van der Waals surface area contributed by atoms with Gasteiger partial charge in [-0.3, -0.25) is 9.59 Å². The first kappa shape index (κ1) is 18.2. The molecule has 0 aliphatic rings. The summed E-state index contributed by atoms with van der Waals surface area (Å²) in [6.07, 6.45) is 1.68. The second-order valence-electron chi connectivity index (χ2n) is 6.12. The standard InChI is InChI=1S/C20H21N3O2S/c1-14-7-9-17(10-8-14)26-15(2)19(24)21-11-12-23-20(25)18-6-4-3-5-16(18)13-22-23/h3-10,13,15H,11-12H2,1-2H3,(H,21,24). The van der Waals surface area contributed by atoms with Crippen LogP contribution in [-0.2, 0) is 11.3 Å². The van der Waals surface area contributed by atoms with E-state index < -0.39 is 0 Å². The molecule has 0 aliphatic carbocycles. The maximum Gasteiger partial charge on any atom is 0.274 e. The Labute approximate surface area is 156 Å². The number of amides is 1. The monoisotopic (exact) mass is 367 g/mol. The average molecular weight is 367 g/mol. The highest BCUT2D eigenvalue weighted by atomic mass is 32.2. The van der Waals surface area contributed by atoms with E-state index in [0.29, 0.717) is 18.5 Å². The summed E-state index contributed by atoms with van der Waals surface area (Å²) in [5, 5.41) is 8.30. The molecule has 0 aliphatic heterocycles. The first-order valence-electron chi connectivity index (χ1n) is 8.50. The number of aryl methyl sites for hydroxylation is 1. The van der Waals surface area contributed by atoms with E-state index in [0.717, 1.165) is 10.3 Å². The van der Waals surface area contributed by atoms with E-state index in [1.54, 1.807) is 12.3 Å². The lowest BCUT2D eigenvalue weighted by Crippen LogP contribution is -2.35. The van der Waals surface area contributed by atoms with Gasteiger partial charge in [-0.2, -0.15) is 5.10 Å². The lowest BCUT2D eigenvalue weighted by atomic mass is 10.2. The number of aromatic nitrogens is 2. The van der Waals surface area contributed by atoms with Gasteiger partial charge in [0.2, 0.25) is 5.91 Å². The van der Waals surface area contributed by atoms with Crippen LogP contribution in [0.25, 0.3) is 10.8 Å². The Hall–Kier alpha value is -2.60. The molecule has 1 atom stereocenters. The Bertz CT molecular complexity index is 967. The Morgan fingerprint density at radius 3 is 2.69 bits per heavy atom. The minimum Gasteiger partial charge on any atom is -0.353 e. The SMILES string of the molecule is Cc1ccc(SC(C)C(=O)NCCn2ncc3ccccc3c2=O)cc1. The molecule has 0 saturated carbocycles. The van der Waals surface area contributed by atoms with Crippen LogP contribution in [0, 0.1) is 6.92 Å². The van der Waals surface area contributed by atoms with Crippen LogP contribution in [0.4, 0.5) is 0 Å². The molecule has 1 aromatic heterocycles. The van der Waals surface area contributed by atoms with Gasteiger partial charge in [-0.15, -0.1) is 11.8 Å². The van der Waals surface area contributed by atoms with E-state index in [-0.39, 0.29) is 16.7 Å². The van der Waals surface area contributed by atoms with Gasteiger partial charge in [0.15, 0.2) is 0 Å². The van der Waals surface area contributed by atoms with E-state index in [2.05, 4.69) is 10.4 Å². The zero-order valence-electron chi connectivity index (χ0n) is 14.8. The summed E-state index contributed by atoms with van der Waals surface area (Å²) in [7, 11) is 0. The van der Waals surface area contributed by atoms with Crippen molar-refractivity contribution in [2.75, 3.05) is 6.54 Å². The predicted molar refractivity (Wildman–Crippen MR) is 106 cm³/mol. The van der Waals surface area contributed by atoms with E-state index in [4.69, 9.17) is 0 Å². The van der Waals surface area contributed by atoms with Crippen LogP contribution in [0.15, 0.2) is 64.4 Å². The molecule has 26 heavy (non-hydrogen) atoms. The Morgan fingerprint density at radius 1 is 1.19 bits per heavy atom. The van der Waals surface area contributed by atoms with Gasteiger partial charge in [0.05, 0.1) is 23.4 Å². The highest BCUT2D eigenvalue weighted by Gasteiger charge is 2.14. The van der Waals surface area contributed by atoms with Crippen molar-refractivity contribution < 1.29 is 4.79 Å². The van der Waals surface area contributed by atoms with Crippen LogP contribution in [0.1, 0.15) is 12.5 Å². The molecule has 3 rings (SSSR count). The van der Waals surface area contributed by atoms with Gasteiger partial charge in [0.25, 0.3) is 5.56 Å². The zero-order valence-corrected chi connectivity index (χ0v) is 15.6. The number of rotatable bonds is 6. The molecule has 5 nitrogen and oxygen atoms in total. The smallest absolute Gasteiger partial charge is 0.274 e. The molecule has 6 heteroatoms. The molecule has 1 N–H and O–H groups in total. The molecular formula is C20H21N3O2S. The van der Waals surface area contributed by atoms with Gasteiger partial charge in [-0.05, 0) is 32.0 Å². The molecule has 134 valence electrons. The minimum atomic E-state index is -0.209. The van der Waals surface area contributed by atoms with Crippen molar-refractivity contribution in [1.29, 1.82) is 0 Å². The number of thioether (sulfide) groups is 1. The van der Waals surface area contributed by atoms with Crippen LogP contribution < -0.4 is 10.9 Å².